The summed E-state index contributed by atoms with van der Waals surface area (Å²) in [5, 5.41) is 0. The summed E-state index contributed by atoms with van der Waals surface area (Å²) in [6.07, 6.45) is 17.8. The molecule has 1 aliphatic carbocycles. The number of aryl methyl sites for hydroxylation is 1. The third-order valence-corrected chi connectivity index (χ3v) is 10.0. The van der Waals surface area contributed by atoms with Gasteiger partial charge in [-0.25, -0.2) is 9.97 Å². The highest BCUT2D eigenvalue weighted by atomic mass is 14.9. The molecule has 0 radical (unpaired) electrons. The number of benzene rings is 4. The minimum atomic E-state index is -0.377. The van der Waals surface area contributed by atoms with E-state index in [2.05, 4.69) is 154 Å². The number of hydrogen-bond donors (Lipinski definition) is 0. The molecular weight excluding hydrogens is 619 g/mol. The van der Waals surface area contributed by atoms with Crippen molar-refractivity contribution in [1.29, 1.82) is 0 Å². The summed E-state index contributed by atoms with van der Waals surface area (Å²) >= 11 is 0. The quantitative estimate of drug-likeness (QED) is 0.137. The molecule has 4 aromatic carbocycles. The Kier molecular flexibility index (Phi) is 9.81. The molecule has 2 heterocycles. The van der Waals surface area contributed by atoms with Crippen LogP contribution in [0.4, 0.5) is 0 Å². The largest absolute Gasteiger partial charge is 0.265 e. The molecule has 51 heavy (non-hydrogen) atoms. The van der Waals surface area contributed by atoms with Gasteiger partial charge in [0.15, 0.2) is 5.82 Å². The van der Waals surface area contributed by atoms with Crippen molar-refractivity contribution >= 4 is 5.57 Å². The van der Waals surface area contributed by atoms with Crippen LogP contribution in [-0.2, 0) is 5.41 Å². The van der Waals surface area contributed by atoms with Crippen LogP contribution in [0.3, 0.4) is 0 Å². The van der Waals surface area contributed by atoms with E-state index in [4.69, 9.17) is 9.97 Å². The fourth-order valence-corrected chi connectivity index (χ4v) is 7.36. The maximum Gasteiger partial charge on any atom is 0.160 e. The predicted octanol–water partition coefficient (Wildman–Crippen LogP) is 12.4. The summed E-state index contributed by atoms with van der Waals surface area (Å²) in [4.78, 5) is 14.5. The smallest absolute Gasteiger partial charge is 0.160 e. The number of allylic oxidation sites excluding steroid dienone is 7. The van der Waals surface area contributed by atoms with Crippen molar-refractivity contribution in [2.45, 2.75) is 45.4 Å². The summed E-state index contributed by atoms with van der Waals surface area (Å²) in [7, 11) is 0. The molecule has 0 N–H and O–H groups in total. The molecule has 0 aliphatic heterocycles. The maximum atomic E-state index is 5.12. The molecule has 0 bridgehead atoms. The van der Waals surface area contributed by atoms with Gasteiger partial charge in [-0.1, -0.05) is 135 Å². The highest BCUT2D eigenvalue weighted by Crippen LogP contribution is 2.47. The summed E-state index contributed by atoms with van der Waals surface area (Å²) in [6.45, 7) is 10.8. The van der Waals surface area contributed by atoms with Crippen LogP contribution in [0.25, 0.3) is 50.3 Å². The van der Waals surface area contributed by atoms with Crippen molar-refractivity contribution in [3.63, 3.8) is 0 Å². The Hall–Kier alpha value is -5.93. The molecular formula is C48H43N3. The average molecular weight is 662 g/mol. The van der Waals surface area contributed by atoms with E-state index in [9.17, 15) is 0 Å². The second-order valence-corrected chi connectivity index (χ2v) is 13.2. The molecule has 1 atom stereocenters. The zero-order chi connectivity index (χ0) is 35.2. The van der Waals surface area contributed by atoms with Crippen LogP contribution in [0.15, 0.2) is 170 Å². The first-order valence-electron chi connectivity index (χ1n) is 17.9. The van der Waals surface area contributed by atoms with E-state index in [0.717, 1.165) is 52.9 Å². The standard InChI is InChI=1S/C48H43N3/c1-5-17-35(6-2)47-50-44(36-19-9-7-10-20-36)33-45(51-47)38-22-16-21-37(32-38)41-26-15-18-34(3)46(41)42-25-13-14-27-43(42)48(4,39-23-11-8-12-24-39)40-28-30-49-31-29-40/h6-7,9-11,13-33H,2,5,8,12H2,1,3-4H3/b35-17+. The minimum Gasteiger partial charge on any atom is -0.265 e. The Bertz CT molecular complexity index is 2280. The lowest BCUT2D eigenvalue weighted by Gasteiger charge is -2.36. The van der Waals surface area contributed by atoms with E-state index in [1.54, 1.807) is 0 Å². The van der Waals surface area contributed by atoms with Gasteiger partial charge in [0.2, 0.25) is 0 Å². The Morgan fingerprint density at radius 1 is 0.745 bits per heavy atom. The van der Waals surface area contributed by atoms with E-state index in [1.165, 1.54) is 39.0 Å². The molecule has 0 spiro atoms. The third kappa shape index (κ3) is 6.68. The number of hydrogen-bond acceptors (Lipinski definition) is 3. The van der Waals surface area contributed by atoms with Crippen molar-refractivity contribution in [3.05, 3.63) is 193 Å². The molecule has 0 amide bonds. The molecule has 0 saturated heterocycles. The molecule has 0 fully saturated rings. The molecule has 2 aromatic heterocycles. The third-order valence-electron chi connectivity index (χ3n) is 10.0. The van der Waals surface area contributed by atoms with Gasteiger partial charge in [0, 0.05) is 34.5 Å². The molecule has 3 heteroatoms. The monoisotopic (exact) mass is 661 g/mol. The van der Waals surface area contributed by atoms with Crippen LogP contribution in [-0.4, -0.2) is 15.0 Å². The number of nitrogens with zero attached hydrogens (tertiary/aromatic N) is 3. The second-order valence-electron chi connectivity index (χ2n) is 13.2. The highest BCUT2D eigenvalue weighted by Gasteiger charge is 2.35. The average Bonchev–Trinajstić information content (AvgIpc) is 3.20. The van der Waals surface area contributed by atoms with E-state index in [1.807, 2.05) is 36.7 Å². The van der Waals surface area contributed by atoms with Gasteiger partial charge in [-0.2, -0.15) is 0 Å². The van der Waals surface area contributed by atoms with Gasteiger partial charge in [-0.05, 0) is 102 Å². The lowest BCUT2D eigenvalue weighted by Crippen LogP contribution is -2.27. The van der Waals surface area contributed by atoms with Crippen LogP contribution in [0.1, 0.15) is 55.6 Å². The van der Waals surface area contributed by atoms with Crippen molar-refractivity contribution in [1.82, 2.24) is 15.0 Å². The van der Waals surface area contributed by atoms with Gasteiger partial charge in [-0.3, -0.25) is 4.98 Å². The SMILES string of the molecule is C=C/C(=C\CC)c1nc(-c2ccccc2)cc(-c2cccc(-c3cccc(C)c3-c3ccccc3C(C)(C3=CCCC=C3)c3ccncc3)c2)n1. The molecule has 3 nitrogen and oxygen atoms in total. The van der Waals surface area contributed by atoms with Crippen LogP contribution < -0.4 is 0 Å². The Morgan fingerprint density at radius 3 is 2.18 bits per heavy atom. The summed E-state index contributed by atoms with van der Waals surface area (Å²) in [5.74, 6) is 0.681. The molecule has 6 aromatic rings. The van der Waals surface area contributed by atoms with Crippen LogP contribution in [0.5, 0.6) is 0 Å². The Morgan fingerprint density at radius 2 is 1.43 bits per heavy atom. The Labute approximate surface area is 302 Å². The fraction of sp³-hybridized carbons (Fsp3) is 0.146. The first-order valence-corrected chi connectivity index (χ1v) is 17.9. The number of rotatable bonds is 10. The van der Waals surface area contributed by atoms with Crippen molar-refractivity contribution in [2.24, 2.45) is 0 Å². The molecule has 0 saturated carbocycles. The van der Waals surface area contributed by atoms with Crippen LogP contribution in [0.2, 0.25) is 0 Å². The van der Waals surface area contributed by atoms with Crippen molar-refractivity contribution in [2.75, 3.05) is 0 Å². The maximum absolute atomic E-state index is 5.12. The normalized spacial score (nSPS) is 14.1. The minimum absolute atomic E-state index is 0.377. The highest BCUT2D eigenvalue weighted by molar-refractivity contribution is 5.89. The molecule has 1 aliphatic rings. The van der Waals surface area contributed by atoms with Crippen LogP contribution in [0, 0.1) is 6.92 Å². The topological polar surface area (TPSA) is 38.7 Å². The van der Waals surface area contributed by atoms with Gasteiger partial charge in [-0.15, -0.1) is 0 Å². The summed E-state index contributed by atoms with van der Waals surface area (Å²) in [5.41, 5.74) is 14.2. The van der Waals surface area contributed by atoms with E-state index in [-0.39, 0.29) is 5.41 Å². The zero-order valence-electron chi connectivity index (χ0n) is 29.7. The summed E-state index contributed by atoms with van der Waals surface area (Å²) in [6, 6.07) is 41.1. The van der Waals surface area contributed by atoms with Crippen molar-refractivity contribution in [3.8, 4) is 44.8 Å². The second kappa shape index (κ2) is 14.9. The molecule has 7 rings (SSSR count). The van der Waals surface area contributed by atoms with Gasteiger partial charge >= 0.3 is 0 Å². The molecule has 250 valence electrons. The lowest BCUT2D eigenvalue weighted by atomic mass is 9.67. The van der Waals surface area contributed by atoms with E-state index in [0.29, 0.717) is 5.82 Å². The fourth-order valence-electron chi connectivity index (χ4n) is 7.36. The lowest BCUT2D eigenvalue weighted by molar-refractivity contribution is 0.681. The number of pyridine rings is 1. The molecule has 1 unspecified atom stereocenters. The first kappa shape index (κ1) is 33.6. The van der Waals surface area contributed by atoms with Gasteiger partial charge in [0.1, 0.15) is 0 Å². The van der Waals surface area contributed by atoms with Gasteiger partial charge in [0.05, 0.1) is 11.4 Å². The van der Waals surface area contributed by atoms with Gasteiger partial charge in [0.25, 0.3) is 0 Å². The van der Waals surface area contributed by atoms with Crippen molar-refractivity contribution < 1.29 is 0 Å². The number of aromatic nitrogens is 3. The first-order chi connectivity index (χ1) is 25.0. The summed E-state index contributed by atoms with van der Waals surface area (Å²) < 4.78 is 0. The van der Waals surface area contributed by atoms with E-state index >= 15 is 0 Å². The Balaban J connectivity index is 1.40. The van der Waals surface area contributed by atoms with E-state index < -0.39 is 0 Å². The van der Waals surface area contributed by atoms with Crippen LogP contribution >= 0.6 is 0 Å². The zero-order valence-corrected chi connectivity index (χ0v) is 29.7. The van der Waals surface area contributed by atoms with Gasteiger partial charge < -0.3 is 0 Å². The predicted molar refractivity (Wildman–Crippen MR) is 214 cm³/mol.